The van der Waals surface area contributed by atoms with Gasteiger partial charge < -0.3 is 4.57 Å². The van der Waals surface area contributed by atoms with Gasteiger partial charge in [-0.15, -0.1) is 11.6 Å². The Bertz CT molecular complexity index is 195. The molecule has 0 saturated heterocycles. The topological polar surface area (TPSA) is 17.8 Å². The molecule has 1 rings (SSSR count). The molecule has 0 atom stereocenters. The van der Waals surface area contributed by atoms with E-state index in [2.05, 4.69) is 11.9 Å². The number of aryl methyl sites for hydroxylation is 1. The number of halogens is 1. The first-order chi connectivity index (χ1) is 4.88. The second kappa shape index (κ2) is 3.62. The van der Waals surface area contributed by atoms with Crippen LogP contribution in [0.4, 0.5) is 0 Å². The van der Waals surface area contributed by atoms with Gasteiger partial charge in [-0.25, -0.2) is 4.98 Å². The van der Waals surface area contributed by atoms with Gasteiger partial charge in [0, 0.05) is 18.8 Å². The summed E-state index contributed by atoms with van der Waals surface area (Å²) in [7, 11) is 0. The van der Waals surface area contributed by atoms with E-state index >= 15 is 0 Å². The summed E-state index contributed by atoms with van der Waals surface area (Å²) in [6.45, 7) is 2.13. The van der Waals surface area contributed by atoms with Crippen LogP contribution >= 0.6 is 11.6 Å². The predicted octanol–water partition coefficient (Wildman–Crippen LogP) is 2.03. The third-order valence-electron chi connectivity index (χ3n) is 1.40. The average Bonchev–Trinajstić information content (AvgIpc) is 2.36. The Kier molecular flexibility index (Phi) is 2.75. The zero-order chi connectivity index (χ0) is 7.40. The first-order valence-corrected chi connectivity index (χ1v) is 3.98. The number of imidazole rings is 1. The van der Waals surface area contributed by atoms with Gasteiger partial charge in [-0.3, -0.25) is 0 Å². The summed E-state index contributed by atoms with van der Waals surface area (Å²) in [5, 5.41) is 0. The zero-order valence-corrected chi connectivity index (χ0v) is 6.80. The van der Waals surface area contributed by atoms with Crippen molar-refractivity contribution in [3.63, 3.8) is 0 Å². The van der Waals surface area contributed by atoms with E-state index in [1.54, 1.807) is 6.20 Å². The lowest BCUT2D eigenvalue weighted by molar-refractivity contribution is 0.745. The fourth-order valence-electron chi connectivity index (χ4n) is 0.901. The maximum absolute atomic E-state index is 5.63. The normalized spacial score (nSPS) is 10.2. The van der Waals surface area contributed by atoms with Crippen molar-refractivity contribution in [1.82, 2.24) is 9.55 Å². The summed E-state index contributed by atoms with van der Waals surface area (Å²) in [6, 6.07) is 0.509. The van der Waals surface area contributed by atoms with Crippen LogP contribution < -0.4 is 0 Å². The van der Waals surface area contributed by atoms with Crippen LogP contribution in [-0.2, 0) is 12.4 Å². The summed E-state index contributed by atoms with van der Waals surface area (Å²) in [5.41, 5.74) is 0. The minimum atomic E-state index is 0.509. The second-order valence-corrected chi connectivity index (χ2v) is 2.42. The average molecular weight is 159 g/mol. The van der Waals surface area contributed by atoms with E-state index < -0.39 is 0 Å². The number of nitrogens with zero attached hydrogens (tertiary/aromatic N) is 2. The van der Waals surface area contributed by atoms with Crippen molar-refractivity contribution >= 4 is 11.6 Å². The Morgan fingerprint density at radius 3 is 3.10 bits per heavy atom. The van der Waals surface area contributed by atoms with Gasteiger partial charge in [0.15, 0.2) is 0 Å². The largest absolute Gasteiger partial charge is 0.321 e. The van der Waals surface area contributed by atoms with Crippen LogP contribution in [0.2, 0.25) is 0 Å². The maximum atomic E-state index is 5.63. The van der Waals surface area contributed by atoms with Gasteiger partial charge in [0.25, 0.3) is 0 Å². The SMILES string of the molecule is CCCc1nccn1CCl. The van der Waals surface area contributed by atoms with Crippen molar-refractivity contribution in [3.8, 4) is 0 Å². The van der Waals surface area contributed by atoms with Crippen molar-refractivity contribution in [1.29, 1.82) is 0 Å². The van der Waals surface area contributed by atoms with Crippen molar-refractivity contribution in [2.75, 3.05) is 0 Å². The minimum absolute atomic E-state index is 0.509. The molecule has 0 unspecified atom stereocenters. The number of rotatable bonds is 3. The molecule has 0 aliphatic heterocycles. The summed E-state index contributed by atoms with van der Waals surface area (Å²) in [4.78, 5) is 4.16. The summed E-state index contributed by atoms with van der Waals surface area (Å²) in [6.07, 6.45) is 5.82. The lowest BCUT2D eigenvalue weighted by atomic mass is 10.3. The number of aromatic nitrogens is 2. The van der Waals surface area contributed by atoms with Gasteiger partial charge in [0.05, 0.1) is 6.00 Å². The zero-order valence-electron chi connectivity index (χ0n) is 6.05. The Balaban J connectivity index is 2.70. The van der Waals surface area contributed by atoms with Gasteiger partial charge >= 0.3 is 0 Å². The van der Waals surface area contributed by atoms with Crippen LogP contribution in [-0.4, -0.2) is 9.55 Å². The molecular weight excluding hydrogens is 148 g/mol. The Hall–Kier alpha value is -0.500. The molecule has 1 aromatic heterocycles. The van der Waals surface area contributed by atoms with Crippen LogP contribution in [0.3, 0.4) is 0 Å². The van der Waals surface area contributed by atoms with Gasteiger partial charge in [-0.05, 0) is 6.42 Å². The van der Waals surface area contributed by atoms with Crippen LogP contribution in [0.5, 0.6) is 0 Å². The van der Waals surface area contributed by atoms with E-state index in [0.717, 1.165) is 18.7 Å². The predicted molar refractivity (Wildman–Crippen MR) is 42.1 cm³/mol. The van der Waals surface area contributed by atoms with Gasteiger partial charge in [0.2, 0.25) is 0 Å². The van der Waals surface area contributed by atoms with Gasteiger partial charge in [-0.2, -0.15) is 0 Å². The Morgan fingerprint density at radius 2 is 2.50 bits per heavy atom. The van der Waals surface area contributed by atoms with E-state index in [1.807, 2.05) is 10.8 Å². The highest BCUT2D eigenvalue weighted by atomic mass is 35.5. The summed E-state index contributed by atoms with van der Waals surface area (Å²) in [5.74, 6) is 1.08. The molecule has 0 aliphatic carbocycles. The van der Waals surface area contributed by atoms with Crippen LogP contribution in [0, 0.1) is 0 Å². The highest BCUT2D eigenvalue weighted by Crippen LogP contribution is 2.01. The fraction of sp³-hybridized carbons (Fsp3) is 0.571. The summed E-state index contributed by atoms with van der Waals surface area (Å²) < 4.78 is 1.95. The molecule has 3 heteroatoms. The van der Waals surface area contributed by atoms with E-state index in [4.69, 9.17) is 11.6 Å². The molecule has 0 N–H and O–H groups in total. The highest BCUT2D eigenvalue weighted by Gasteiger charge is 1.97. The monoisotopic (exact) mass is 158 g/mol. The van der Waals surface area contributed by atoms with Crippen molar-refractivity contribution in [2.45, 2.75) is 25.8 Å². The standard InChI is InChI=1S/C7H11ClN2/c1-2-3-7-9-4-5-10(7)6-8/h4-5H,2-3,6H2,1H3. The van der Waals surface area contributed by atoms with E-state index in [9.17, 15) is 0 Å². The molecule has 0 aliphatic rings. The molecule has 56 valence electrons. The Morgan fingerprint density at radius 1 is 1.70 bits per heavy atom. The summed E-state index contributed by atoms with van der Waals surface area (Å²) >= 11 is 5.63. The third-order valence-corrected chi connectivity index (χ3v) is 1.66. The second-order valence-electron chi connectivity index (χ2n) is 2.18. The van der Waals surface area contributed by atoms with Gasteiger partial charge in [0.1, 0.15) is 5.82 Å². The van der Waals surface area contributed by atoms with Gasteiger partial charge in [-0.1, -0.05) is 6.92 Å². The van der Waals surface area contributed by atoms with E-state index in [-0.39, 0.29) is 0 Å². The number of alkyl halides is 1. The van der Waals surface area contributed by atoms with Crippen molar-refractivity contribution in [2.24, 2.45) is 0 Å². The molecular formula is C7H11ClN2. The first-order valence-electron chi connectivity index (χ1n) is 3.44. The number of hydrogen-bond acceptors (Lipinski definition) is 1. The van der Waals surface area contributed by atoms with E-state index in [0.29, 0.717) is 6.00 Å². The smallest absolute Gasteiger partial charge is 0.109 e. The molecule has 0 spiro atoms. The molecule has 1 aromatic rings. The molecule has 2 nitrogen and oxygen atoms in total. The lowest BCUT2D eigenvalue weighted by Gasteiger charge is -1.99. The molecule has 1 heterocycles. The van der Waals surface area contributed by atoms with Crippen molar-refractivity contribution < 1.29 is 0 Å². The molecule has 0 radical (unpaired) electrons. The quantitative estimate of drug-likeness (QED) is 0.616. The lowest BCUT2D eigenvalue weighted by Crippen LogP contribution is -1.98. The minimum Gasteiger partial charge on any atom is -0.321 e. The molecule has 0 fully saturated rings. The van der Waals surface area contributed by atoms with Crippen LogP contribution in [0.1, 0.15) is 19.2 Å². The van der Waals surface area contributed by atoms with Crippen molar-refractivity contribution in [3.05, 3.63) is 18.2 Å². The van der Waals surface area contributed by atoms with Crippen LogP contribution in [0.15, 0.2) is 12.4 Å². The molecule has 0 amide bonds. The molecule has 10 heavy (non-hydrogen) atoms. The van der Waals surface area contributed by atoms with E-state index in [1.165, 1.54) is 0 Å². The highest BCUT2D eigenvalue weighted by molar-refractivity contribution is 6.15. The van der Waals surface area contributed by atoms with Crippen LogP contribution in [0.25, 0.3) is 0 Å². The Labute approximate surface area is 65.8 Å². The molecule has 0 aromatic carbocycles. The molecule has 0 bridgehead atoms. The number of hydrogen-bond donors (Lipinski definition) is 0. The fourth-order valence-corrected chi connectivity index (χ4v) is 1.12. The third kappa shape index (κ3) is 1.51. The first kappa shape index (κ1) is 7.61. The maximum Gasteiger partial charge on any atom is 0.109 e. The molecule has 0 saturated carbocycles.